The van der Waals surface area contributed by atoms with Crippen LogP contribution in [-0.4, -0.2) is 104 Å². The number of nitrogens with zero attached hydrogens (tertiary/aromatic N) is 2. The molecule has 3 heterocycles. The van der Waals surface area contributed by atoms with Gasteiger partial charge in [-0.15, -0.1) is 0 Å². The van der Waals surface area contributed by atoms with Crippen LogP contribution in [0.4, 0.5) is 11.5 Å². The Labute approximate surface area is 376 Å². The molecule has 17 nitrogen and oxygen atoms in total. The molecule has 8 rings (SSSR count). The molecular weight excluding hydrogens is 837 g/mol. The Morgan fingerprint density at radius 1 is 0.938 bits per heavy atom. The first kappa shape index (κ1) is 45.7. The topological polar surface area (TPSA) is 243 Å². The number of ketones is 2. The van der Waals surface area contributed by atoms with Gasteiger partial charge < -0.3 is 41.0 Å². The van der Waals surface area contributed by atoms with E-state index in [1.54, 1.807) is 36.5 Å². The fourth-order valence-corrected chi connectivity index (χ4v) is 11.1. The van der Waals surface area contributed by atoms with Crippen molar-refractivity contribution in [2.24, 2.45) is 29.1 Å². The maximum absolute atomic E-state index is 13.8. The second-order valence-corrected chi connectivity index (χ2v) is 18.6. The number of aliphatic hydroxyl groups is 2. The van der Waals surface area contributed by atoms with E-state index in [1.807, 2.05) is 31.2 Å². The number of hydrogen-bond acceptors (Lipinski definition) is 13. The summed E-state index contributed by atoms with van der Waals surface area (Å²) in [5.41, 5.74) is 1.09. The average molecular weight is 893 g/mol. The molecule has 2 unspecified atom stereocenters. The summed E-state index contributed by atoms with van der Waals surface area (Å²) in [5.74, 6) is -2.48. The van der Waals surface area contributed by atoms with E-state index in [0.29, 0.717) is 29.9 Å². The summed E-state index contributed by atoms with van der Waals surface area (Å²) in [5, 5.41) is 33.3. The van der Waals surface area contributed by atoms with Crippen LogP contribution in [0.2, 0.25) is 0 Å². The molecular formula is C48H56N6O11. The third kappa shape index (κ3) is 8.94. The Kier molecular flexibility index (Phi) is 12.8. The van der Waals surface area contributed by atoms with Gasteiger partial charge >= 0.3 is 0 Å². The van der Waals surface area contributed by atoms with E-state index in [-0.39, 0.29) is 48.5 Å². The molecule has 2 bridgehead atoms. The molecule has 0 spiro atoms. The molecule has 65 heavy (non-hydrogen) atoms. The summed E-state index contributed by atoms with van der Waals surface area (Å²) in [6, 6.07) is 8.64. The molecule has 12 atom stereocenters. The standard InChI is InChI=1S/C48H56N6O11/c1-25(29-6-10-32(11-7-29)53-44(63)27(3)52-43(62)26(2)51-39(59)17-18-54-40(60)15-16-41(54)61)50-38-14-9-31(23-49-38)45-64-46-47(4)22-36(57)42-30-8-12-33(56)20-28(19-30)5-13-34(42)35(47)21-48(46,65-45)37(58)24-55/h6-12,14-16,20,23,25-27,30,34-36,42,45-46,55,57H,5,13,17-19,21-22,24H2,1-4H3,(H,49,50)(H,51,59)(H,52,62)(H,53,63)/t25-,26-,27-,30+,34?,35-,36-,42?,45-,46-,47-,48-/m0/s1. The van der Waals surface area contributed by atoms with Crippen molar-refractivity contribution in [1.29, 1.82) is 0 Å². The van der Waals surface area contributed by atoms with E-state index >= 15 is 0 Å². The predicted octanol–water partition coefficient (Wildman–Crippen LogP) is 3.12. The number of rotatable bonds is 14. The lowest BCUT2D eigenvalue weighted by Gasteiger charge is -2.51. The van der Waals surface area contributed by atoms with Crippen LogP contribution in [-0.2, 0) is 43.0 Å². The number of aliphatic hydroxyl groups excluding tert-OH is 2. The lowest BCUT2D eigenvalue weighted by molar-refractivity contribution is -0.159. The van der Waals surface area contributed by atoms with Crippen molar-refractivity contribution >= 4 is 52.6 Å². The van der Waals surface area contributed by atoms with Crippen LogP contribution in [0, 0.1) is 29.1 Å². The number of pyridine rings is 1. The number of nitrogens with one attached hydrogen (secondary N) is 4. The highest BCUT2D eigenvalue weighted by Crippen LogP contribution is 2.67. The van der Waals surface area contributed by atoms with Gasteiger partial charge in [0, 0.05) is 54.0 Å². The summed E-state index contributed by atoms with van der Waals surface area (Å²) >= 11 is 0. The second-order valence-electron chi connectivity index (χ2n) is 18.6. The lowest BCUT2D eigenvalue weighted by atomic mass is 9.55. The molecule has 0 radical (unpaired) electrons. The summed E-state index contributed by atoms with van der Waals surface area (Å²) in [6.07, 6.45) is 9.76. The monoisotopic (exact) mass is 892 g/mol. The molecule has 4 fully saturated rings. The van der Waals surface area contributed by atoms with Gasteiger partial charge in [0.05, 0.1) is 6.10 Å². The van der Waals surface area contributed by atoms with Crippen LogP contribution in [0.15, 0.2) is 78.5 Å². The Balaban J connectivity index is 0.839. The molecule has 2 aromatic rings. The zero-order chi connectivity index (χ0) is 46.4. The first-order chi connectivity index (χ1) is 31.0. The van der Waals surface area contributed by atoms with Crippen LogP contribution in [0.1, 0.15) is 89.7 Å². The van der Waals surface area contributed by atoms with E-state index in [4.69, 9.17) is 9.47 Å². The number of carbonyl (C=O) groups excluding carboxylic acids is 7. The van der Waals surface area contributed by atoms with Gasteiger partial charge in [-0.25, -0.2) is 4.98 Å². The fraction of sp³-hybridized carbons (Fsp3) is 0.500. The van der Waals surface area contributed by atoms with Crippen molar-refractivity contribution < 1.29 is 53.2 Å². The number of aromatic nitrogens is 1. The van der Waals surface area contributed by atoms with E-state index in [9.17, 15) is 43.8 Å². The third-order valence-corrected chi connectivity index (χ3v) is 14.4. The van der Waals surface area contributed by atoms with Gasteiger partial charge in [0.25, 0.3) is 11.8 Å². The van der Waals surface area contributed by atoms with Gasteiger partial charge in [0.1, 0.15) is 30.6 Å². The quantitative estimate of drug-likeness (QED) is 0.150. The zero-order valence-electron chi connectivity index (χ0n) is 36.8. The van der Waals surface area contributed by atoms with Crippen molar-refractivity contribution in [2.45, 2.75) is 108 Å². The number of hydrogen-bond donors (Lipinski definition) is 6. The number of anilines is 2. The number of carbonyl (C=O) groups is 7. The van der Waals surface area contributed by atoms with E-state index in [1.165, 1.54) is 13.8 Å². The number of benzene rings is 1. The minimum Gasteiger partial charge on any atom is -0.393 e. The minimum atomic E-state index is -1.39. The smallest absolute Gasteiger partial charge is 0.253 e. The van der Waals surface area contributed by atoms with Crippen molar-refractivity contribution in [2.75, 3.05) is 23.8 Å². The summed E-state index contributed by atoms with van der Waals surface area (Å²) in [4.78, 5) is 93.0. The van der Waals surface area contributed by atoms with Crippen molar-refractivity contribution in [3.63, 3.8) is 0 Å². The van der Waals surface area contributed by atoms with Crippen LogP contribution in [0.25, 0.3) is 0 Å². The number of imide groups is 1. The summed E-state index contributed by atoms with van der Waals surface area (Å²) in [6.45, 7) is 6.19. The largest absolute Gasteiger partial charge is 0.393 e. The molecule has 344 valence electrons. The maximum Gasteiger partial charge on any atom is 0.253 e. The van der Waals surface area contributed by atoms with Gasteiger partial charge in [-0.05, 0) is 119 Å². The molecule has 4 aliphatic carbocycles. The summed E-state index contributed by atoms with van der Waals surface area (Å²) in [7, 11) is 0. The number of ether oxygens (including phenoxy) is 2. The van der Waals surface area contributed by atoms with Crippen LogP contribution < -0.4 is 21.3 Å². The highest BCUT2D eigenvalue weighted by atomic mass is 16.7. The Morgan fingerprint density at radius 2 is 1.66 bits per heavy atom. The normalized spacial score (nSPS) is 31.4. The van der Waals surface area contributed by atoms with Crippen LogP contribution in [0.3, 0.4) is 0 Å². The Hall–Kier alpha value is -5.88. The van der Waals surface area contributed by atoms with E-state index in [2.05, 4.69) is 33.2 Å². The molecule has 6 N–H and O–H groups in total. The Morgan fingerprint density at radius 3 is 2.35 bits per heavy atom. The fourth-order valence-electron chi connectivity index (χ4n) is 11.1. The molecule has 2 aliphatic heterocycles. The molecule has 1 aromatic carbocycles. The zero-order valence-corrected chi connectivity index (χ0v) is 36.8. The van der Waals surface area contributed by atoms with Crippen molar-refractivity contribution in [3.8, 4) is 0 Å². The van der Waals surface area contributed by atoms with Gasteiger partial charge in [-0.2, -0.15) is 0 Å². The van der Waals surface area contributed by atoms with Crippen molar-refractivity contribution in [1.82, 2.24) is 20.5 Å². The molecule has 1 aromatic heterocycles. The number of fused-ring (bicyclic) bond motifs is 8. The lowest BCUT2D eigenvalue weighted by Crippen LogP contribution is -2.53. The first-order valence-electron chi connectivity index (χ1n) is 22.3. The minimum absolute atomic E-state index is 0.00677. The number of Topliss-reactive ketones (excluding diaryl/α,β-unsaturated/α-hetero) is 1. The van der Waals surface area contributed by atoms with Gasteiger partial charge in [-0.1, -0.05) is 30.7 Å². The molecule has 5 amide bonds. The highest BCUT2D eigenvalue weighted by Gasteiger charge is 2.72. The predicted molar refractivity (Wildman–Crippen MR) is 234 cm³/mol. The van der Waals surface area contributed by atoms with Gasteiger partial charge in [0.15, 0.2) is 23.5 Å². The first-order valence-corrected chi connectivity index (χ1v) is 22.3. The van der Waals surface area contributed by atoms with Gasteiger partial charge in [0.2, 0.25) is 17.7 Å². The average Bonchev–Trinajstić information content (AvgIpc) is 3.80. The van der Waals surface area contributed by atoms with Crippen LogP contribution >= 0.6 is 0 Å². The summed E-state index contributed by atoms with van der Waals surface area (Å²) < 4.78 is 13.3. The number of amides is 5. The highest BCUT2D eigenvalue weighted by molar-refractivity contribution is 6.13. The molecule has 3 saturated carbocycles. The third-order valence-electron chi connectivity index (χ3n) is 14.4. The number of allylic oxidation sites excluding steroid dienone is 4. The van der Waals surface area contributed by atoms with Crippen LogP contribution in [0.5, 0.6) is 0 Å². The SMILES string of the molecule is C[C@H](NC(=O)CCN1C(=O)C=CC1=O)C(=O)N[C@@H](C)C(=O)Nc1ccc([C@H](C)Nc2ccc([C@H]3O[C@H]4[C@@]5(C)C[C@H](O)C6C(CCC7=CC(=O)C=C[C@@H]6C7)[C@@H]5C[C@@]4(C(=O)CO)O3)cn2)cc1. The second kappa shape index (κ2) is 18.2. The molecule has 1 saturated heterocycles. The van der Waals surface area contributed by atoms with E-state index < -0.39 is 83.5 Å². The van der Waals surface area contributed by atoms with Crippen molar-refractivity contribution in [3.05, 3.63) is 89.7 Å². The van der Waals surface area contributed by atoms with Gasteiger partial charge in [-0.3, -0.25) is 38.5 Å². The van der Waals surface area contributed by atoms with E-state index in [0.717, 1.165) is 47.5 Å². The molecule has 6 aliphatic rings. The molecule has 17 heteroatoms. The maximum atomic E-state index is 13.8. The Bertz CT molecular complexity index is 2330.